The molecule has 148 valence electrons. The highest BCUT2D eigenvalue weighted by molar-refractivity contribution is 14.0. The second-order valence-electron chi connectivity index (χ2n) is 6.19. The first-order valence-electron chi connectivity index (χ1n) is 8.40. The lowest BCUT2D eigenvalue weighted by atomic mass is 10.4. The number of hydrogen-bond donors (Lipinski definition) is 1. The average molecular weight is 560 g/mol. The van der Waals surface area contributed by atoms with Gasteiger partial charge in [-0.1, -0.05) is 15.9 Å². The fourth-order valence-electron chi connectivity index (χ4n) is 2.28. The van der Waals surface area contributed by atoms with Crippen LogP contribution >= 0.6 is 39.9 Å². The van der Waals surface area contributed by atoms with E-state index in [1.165, 1.54) is 12.8 Å². The molecule has 0 heterocycles. The molecule has 1 aromatic carbocycles. The molecule has 26 heavy (non-hydrogen) atoms. The molecule has 0 atom stereocenters. The highest BCUT2D eigenvalue weighted by Gasteiger charge is 2.21. The Balaban J connectivity index is 0.00000338. The van der Waals surface area contributed by atoms with E-state index in [0.717, 1.165) is 17.0 Å². The van der Waals surface area contributed by atoms with E-state index in [-0.39, 0.29) is 29.7 Å². The van der Waals surface area contributed by atoms with Gasteiger partial charge in [-0.05, 0) is 43.0 Å². The van der Waals surface area contributed by atoms with Gasteiger partial charge in [0.2, 0.25) is 0 Å². The molecular formula is C17H27BrIN3O3S. The molecule has 0 aromatic heterocycles. The standard InChI is InChI=1S/C17H26BrN3O3S.HI/c1-19-17(21(2)10-11-24-13-14-3-4-14)20-9-12-25(22,23)16-7-5-15(18)6-8-16;/h5-8,14H,3-4,9-13H2,1-2H3,(H,19,20);1H. The zero-order chi connectivity index (χ0) is 18.3. The van der Waals surface area contributed by atoms with Crippen LogP contribution in [0.25, 0.3) is 0 Å². The number of guanidine groups is 1. The number of hydrogen-bond acceptors (Lipinski definition) is 4. The number of nitrogens with zero attached hydrogens (tertiary/aromatic N) is 2. The predicted molar refractivity (Wildman–Crippen MR) is 119 cm³/mol. The second-order valence-corrected chi connectivity index (χ2v) is 9.21. The fraction of sp³-hybridized carbons (Fsp3) is 0.588. The van der Waals surface area contributed by atoms with Gasteiger partial charge in [-0.15, -0.1) is 24.0 Å². The molecule has 0 spiro atoms. The van der Waals surface area contributed by atoms with Gasteiger partial charge in [0.1, 0.15) is 0 Å². The molecule has 1 aliphatic carbocycles. The highest BCUT2D eigenvalue weighted by Crippen LogP contribution is 2.28. The van der Waals surface area contributed by atoms with Crippen LogP contribution in [0.1, 0.15) is 12.8 Å². The highest BCUT2D eigenvalue weighted by atomic mass is 127. The van der Waals surface area contributed by atoms with Crippen molar-refractivity contribution < 1.29 is 13.2 Å². The molecule has 0 aliphatic heterocycles. The zero-order valence-corrected chi connectivity index (χ0v) is 19.9. The smallest absolute Gasteiger partial charge is 0.193 e. The Hall–Kier alpha value is -0.390. The lowest BCUT2D eigenvalue weighted by molar-refractivity contribution is 0.115. The number of aliphatic imine (C=N–C) groups is 1. The molecular weight excluding hydrogens is 533 g/mol. The van der Waals surface area contributed by atoms with E-state index in [0.29, 0.717) is 30.6 Å². The average Bonchev–Trinajstić information content (AvgIpc) is 3.40. The lowest BCUT2D eigenvalue weighted by Crippen LogP contribution is -2.42. The van der Waals surface area contributed by atoms with Gasteiger partial charge in [0.05, 0.1) is 17.3 Å². The number of ether oxygens (including phenoxy) is 1. The molecule has 0 unspecified atom stereocenters. The minimum Gasteiger partial charge on any atom is -0.379 e. The van der Waals surface area contributed by atoms with E-state index in [1.807, 2.05) is 11.9 Å². The van der Waals surface area contributed by atoms with Crippen molar-refractivity contribution >= 4 is 55.7 Å². The van der Waals surface area contributed by atoms with Crippen LogP contribution in [-0.2, 0) is 14.6 Å². The van der Waals surface area contributed by atoms with Gasteiger partial charge in [-0.2, -0.15) is 0 Å². The molecule has 1 saturated carbocycles. The number of rotatable bonds is 9. The first kappa shape index (κ1) is 23.6. The maximum Gasteiger partial charge on any atom is 0.193 e. The summed E-state index contributed by atoms with van der Waals surface area (Å²) in [4.78, 5) is 6.46. The van der Waals surface area contributed by atoms with E-state index >= 15 is 0 Å². The van der Waals surface area contributed by atoms with Gasteiger partial charge in [0, 0.05) is 38.3 Å². The quantitative estimate of drug-likeness (QED) is 0.218. The summed E-state index contributed by atoms with van der Waals surface area (Å²) in [6.07, 6.45) is 2.57. The molecule has 0 bridgehead atoms. The summed E-state index contributed by atoms with van der Waals surface area (Å²) in [7, 11) is 0.292. The maximum absolute atomic E-state index is 12.3. The fourth-order valence-corrected chi connectivity index (χ4v) is 3.71. The Morgan fingerprint density at radius 2 is 2.00 bits per heavy atom. The normalized spacial score (nSPS) is 14.7. The van der Waals surface area contributed by atoms with Crippen LogP contribution in [0.15, 0.2) is 38.6 Å². The van der Waals surface area contributed by atoms with Crippen molar-refractivity contribution in [1.29, 1.82) is 0 Å². The molecule has 2 rings (SSSR count). The largest absolute Gasteiger partial charge is 0.379 e. The van der Waals surface area contributed by atoms with Gasteiger partial charge in [-0.25, -0.2) is 8.42 Å². The van der Waals surface area contributed by atoms with E-state index in [1.54, 1.807) is 31.3 Å². The number of sulfone groups is 1. The molecule has 1 fully saturated rings. The Kier molecular flexibility index (Phi) is 10.4. The first-order valence-corrected chi connectivity index (χ1v) is 10.8. The van der Waals surface area contributed by atoms with Crippen molar-refractivity contribution in [2.75, 3.05) is 46.2 Å². The van der Waals surface area contributed by atoms with Crippen LogP contribution in [0.5, 0.6) is 0 Å². The van der Waals surface area contributed by atoms with Crippen LogP contribution in [0.3, 0.4) is 0 Å². The van der Waals surface area contributed by atoms with Gasteiger partial charge in [0.25, 0.3) is 0 Å². The number of nitrogens with one attached hydrogen (secondary N) is 1. The van der Waals surface area contributed by atoms with Gasteiger partial charge in [-0.3, -0.25) is 4.99 Å². The number of likely N-dealkylation sites (N-methyl/N-ethyl adjacent to an activating group) is 1. The SMILES string of the molecule is CN=C(NCCS(=O)(=O)c1ccc(Br)cc1)N(C)CCOCC1CC1.I. The third kappa shape index (κ3) is 8.10. The Morgan fingerprint density at radius 1 is 1.35 bits per heavy atom. The molecule has 0 radical (unpaired) electrons. The van der Waals surface area contributed by atoms with Gasteiger partial charge in [0.15, 0.2) is 15.8 Å². The molecule has 1 N–H and O–H groups in total. The van der Waals surface area contributed by atoms with E-state index < -0.39 is 9.84 Å². The summed E-state index contributed by atoms with van der Waals surface area (Å²) in [6, 6.07) is 6.68. The number of benzene rings is 1. The zero-order valence-electron chi connectivity index (χ0n) is 15.2. The minimum atomic E-state index is -3.31. The monoisotopic (exact) mass is 559 g/mol. The van der Waals surface area contributed by atoms with Crippen LogP contribution in [0, 0.1) is 5.92 Å². The summed E-state index contributed by atoms with van der Waals surface area (Å²) in [5.74, 6) is 1.44. The molecule has 1 aliphatic rings. The molecule has 0 saturated heterocycles. The summed E-state index contributed by atoms with van der Waals surface area (Å²) < 4.78 is 31.2. The van der Waals surface area contributed by atoms with Crippen molar-refractivity contribution in [3.05, 3.63) is 28.7 Å². The first-order chi connectivity index (χ1) is 11.9. The van der Waals surface area contributed by atoms with Crippen molar-refractivity contribution in [3.8, 4) is 0 Å². The maximum atomic E-state index is 12.3. The Labute approximate surface area is 181 Å². The van der Waals surface area contributed by atoms with Crippen molar-refractivity contribution in [1.82, 2.24) is 10.2 Å². The van der Waals surface area contributed by atoms with Crippen molar-refractivity contribution in [2.45, 2.75) is 17.7 Å². The van der Waals surface area contributed by atoms with E-state index in [4.69, 9.17) is 4.74 Å². The van der Waals surface area contributed by atoms with Gasteiger partial charge >= 0.3 is 0 Å². The van der Waals surface area contributed by atoms with E-state index in [2.05, 4.69) is 26.2 Å². The van der Waals surface area contributed by atoms with Crippen molar-refractivity contribution in [2.24, 2.45) is 10.9 Å². The van der Waals surface area contributed by atoms with Crippen LogP contribution in [-0.4, -0.2) is 65.4 Å². The van der Waals surface area contributed by atoms with Crippen LogP contribution < -0.4 is 5.32 Å². The lowest BCUT2D eigenvalue weighted by Gasteiger charge is -2.22. The van der Waals surface area contributed by atoms with E-state index in [9.17, 15) is 8.42 Å². The molecule has 0 amide bonds. The summed E-state index contributed by atoms with van der Waals surface area (Å²) in [6.45, 7) is 2.50. The van der Waals surface area contributed by atoms with Gasteiger partial charge < -0.3 is 15.0 Å². The Bertz CT molecular complexity index is 679. The summed E-state index contributed by atoms with van der Waals surface area (Å²) >= 11 is 3.31. The molecule has 9 heteroatoms. The molecule has 1 aromatic rings. The third-order valence-corrected chi connectivity index (χ3v) is 6.28. The second kappa shape index (κ2) is 11.5. The third-order valence-electron chi connectivity index (χ3n) is 4.02. The van der Waals surface area contributed by atoms with Crippen LogP contribution in [0.4, 0.5) is 0 Å². The topological polar surface area (TPSA) is 71.0 Å². The minimum absolute atomic E-state index is 0. The predicted octanol–water partition coefficient (Wildman–Crippen LogP) is 2.77. The van der Waals surface area contributed by atoms with Crippen LogP contribution in [0.2, 0.25) is 0 Å². The molecule has 6 nitrogen and oxygen atoms in total. The Morgan fingerprint density at radius 3 is 2.58 bits per heavy atom. The number of halogens is 2. The summed E-state index contributed by atoms with van der Waals surface area (Å²) in [5, 5.41) is 3.10. The summed E-state index contributed by atoms with van der Waals surface area (Å²) in [5.41, 5.74) is 0. The van der Waals surface area contributed by atoms with Crippen molar-refractivity contribution in [3.63, 3.8) is 0 Å².